The van der Waals surface area contributed by atoms with Crippen LogP contribution in [0.2, 0.25) is 0 Å². The molecule has 0 atom stereocenters. The first-order chi connectivity index (χ1) is 11.6. The molecule has 1 aromatic heterocycles. The average molecular weight is 326 g/mol. The van der Waals surface area contributed by atoms with Gasteiger partial charge in [0, 0.05) is 36.7 Å². The Morgan fingerprint density at radius 1 is 1.04 bits per heavy atom. The number of fused-ring (bicyclic) bond motifs is 1. The molecule has 2 aliphatic rings. The zero-order valence-electron chi connectivity index (χ0n) is 13.2. The third-order valence-electron chi connectivity index (χ3n) is 4.47. The van der Waals surface area contributed by atoms with Gasteiger partial charge in [-0.1, -0.05) is 6.42 Å². The molecule has 2 aromatic rings. The van der Waals surface area contributed by atoms with Crippen molar-refractivity contribution in [1.29, 1.82) is 0 Å². The number of anilines is 1. The lowest BCUT2D eigenvalue weighted by Crippen LogP contribution is -2.40. The third kappa shape index (κ3) is 2.75. The van der Waals surface area contributed by atoms with Crippen LogP contribution in [0.1, 0.15) is 42.5 Å². The van der Waals surface area contributed by atoms with E-state index in [0.717, 1.165) is 31.4 Å². The maximum absolute atomic E-state index is 12.2. The predicted octanol–water partition coefficient (Wildman–Crippen LogP) is 3.00. The van der Waals surface area contributed by atoms with Gasteiger partial charge in [-0.3, -0.25) is 4.79 Å². The van der Waals surface area contributed by atoms with E-state index >= 15 is 0 Å². The number of pyridine rings is 1. The zero-order chi connectivity index (χ0) is 16.6. The van der Waals surface area contributed by atoms with E-state index in [1.54, 1.807) is 12.1 Å². The summed E-state index contributed by atoms with van der Waals surface area (Å²) in [5, 5.41) is 13.8. The maximum Gasteiger partial charge on any atom is 0.256 e. The minimum atomic E-state index is -0.523. The van der Waals surface area contributed by atoms with Gasteiger partial charge < -0.3 is 20.0 Å². The number of amides is 1. The van der Waals surface area contributed by atoms with Crippen LogP contribution in [0.25, 0.3) is 0 Å². The SMILES string of the molecule is O=C(Nc1ccc2c(c1)OC1(CCCCC1)O2)c1cc[n+]([O-])cc1. The lowest BCUT2D eigenvalue weighted by molar-refractivity contribution is -0.605. The zero-order valence-corrected chi connectivity index (χ0v) is 13.2. The summed E-state index contributed by atoms with van der Waals surface area (Å²) < 4.78 is 12.7. The smallest absolute Gasteiger partial charge is 0.256 e. The van der Waals surface area contributed by atoms with E-state index < -0.39 is 5.79 Å². The van der Waals surface area contributed by atoms with Gasteiger partial charge in [-0.2, -0.15) is 4.73 Å². The largest absolute Gasteiger partial charge is 0.619 e. The second-order valence-electron chi connectivity index (χ2n) is 6.24. The highest BCUT2D eigenvalue weighted by atomic mass is 16.7. The minimum absolute atomic E-state index is 0.276. The molecule has 1 aromatic carbocycles. The second kappa shape index (κ2) is 5.70. The fraction of sp³-hybridized carbons (Fsp3) is 0.333. The van der Waals surface area contributed by atoms with Crippen molar-refractivity contribution < 1.29 is 19.0 Å². The first kappa shape index (κ1) is 14.8. The highest BCUT2D eigenvalue weighted by Gasteiger charge is 2.42. The molecule has 6 nitrogen and oxygen atoms in total. The predicted molar refractivity (Wildman–Crippen MR) is 86.9 cm³/mol. The van der Waals surface area contributed by atoms with Crippen LogP contribution in [0.3, 0.4) is 0 Å². The highest BCUT2D eigenvalue weighted by Crippen LogP contribution is 2.46. The van der Waals surface area contributed by atoms with Crippen LogP contribution >= 0.6 is 0 Å². The fourth-order valence-electron chi connectivity index (χ4n) is 3.23. The Bertz CT molecular complexity index is 767. The maximum atomic E-state index is 12.2. The Kier molecular flexibility index (Phi) is 3.52. The van der Waals surface area contributed by atoms with Crippen LogP contribution in [-0.4, -0.2) is 11.7 Å². The summed E-state index contributed by atoms with van der Waals surface area (Å²) in [7, 11) is 0. The number of hydrogen-bond acceptors (Lipinski definition) is 4. The summed E-state index contributed by atoms with van der Waals surface area (Å²) >= 11 is 0. The van der Waals surface area contributed by atoms with E-state index in [4.69, 9.17) is 9.47 Å². The average Bonchev–Trinajstić information content (AvgIpc) is 2.92. The van der Waals surface area contributed by atoms with Crippen molar-refractivity contribution in [3.05, 3.63) is 53.5 Å². The van der Waals surface area contributed by atoms with Gasteiger partial charge in [-0.25, -0.2) is 0 Å². The number of aromatic nitrogens is 1. The van der Waals surface area contributed by atoms with Gasteiger partial charge in [-0.05, 0) is 25.0 Å². The normalized spacial score (nSPS) is 17.7. The standard InChI is InChI=1S/C18H18N2O4/c21-17(13-6-10-20(22)11-7-13)19-14-4-5-15-16(12-14)24-18(23-15)8-2-1-3-9-18/h4-7,10-12H,1-3,8-9H2,(H,19,21). The van der Waals surface area contributed by atoms with Crippen molar-refractivity contribution >= 4 is 11.6 Å². The molecule has 6 heteroatoms. The van der Waals surface area contributed by atoms with Gasteiger partial charge in [-0.15, -0.1) is 0 Å². The molecule has 4 rings (SSSR count). The highest BCUT2D eigenvalue weighted by molar-refractivity contribution is 6.04. The van der Waals surface area contributed by atoms with Crippen LogP contribution in [0.4, 0.5) is 5.69 Å². The summed E-state index contributed by atoms with van der Waals surface area (Å²) in [6.07, 6.45) is 7.79. The Morgan fingerprint density at radius 3 is 2.50 bits per heavy atom. The first-order valence-corrected chi connectivity index (χ1v) is 8.16. The third-order valence-corrected chi connectivity index (χ3v) is 4.47. The molecule has 1 amide bonds. The van der Waals surface area contributed by atoms with Crippen molar-refractivity contribution in [3.8, 4) is 11.5 Å². The van der Waals surface area contributed by atoms with Crippen molar-refractivity contribution in [2.75, 3.05) is 5.32 Å². The van der Waals surface area contributed by atoms with E-state index in [-0.39, 0.29) is 5.91 Å². The Balaban J connectivity index is 1.50. The monoisotopic (exact) mass is 326 g/mol. The van der Waals surface area contributed by atoms with Crippen molar-refractivity contribution in [3.63, 3.8) is 0 Å². The van der Waals surface area contributed by atoms with Gasteiger partial charge >= 0.3 is 0 Å². The lowest BCUT2D eigenvalue weighted by atomic mass is 9.94. The lowest BCUT2D eigenvalue weighted by Gasteiger charge is -2.31. The number of nitrogens with zero attached hydrogens (tertiary/aromatic N) is 1. The second-order valence-corrected chi connectivity index (χ2v) is 6.24. The molecule has 0 saturated heterocycles. The van der Waals surface area contributed by atoms with Crippen LogP contribution in [-0.2, 0) is 0 Å². The van der Waals surface area contributed by atoms with Gasteiger partial charge in [0.25, 0.3) is 11.7 Å². The quantitative estimate of drug-likeness (QED) is 0.680. The van der Waals surface area contributed by atoms with E-state index in [1.807, 2.05) is 6.07 Å². The fourth-order valence-corrected chi connectivity index (χ4v) is 3.23. The van der Waals surface area contributed by atoms with Crippen LogP contribution < -0.4 is 19.5 Å². The molecular weight excluding hydrogens is 308 g/mol. The minimum Gasteiger partial charge on any atom is -0.619 e. The molecule has 24 heavy (non-hydrogen) atoms. The Labute approximate surface area is 139 Å². The summed E-state index contributed by atoms with van der Waals surface area (Å²) in [5.41, 5.74) is 1.05. The first-order valence-electron chi connectivity index (χ1n) is 8.16. The van der Waals surface area contributed by atoms with Gasteiger partial charge in [0.1, 0.15) is 0 Å². The molecule has 1 N–H and O–H groups in total. The molecule has 124 valence electrons. The Morgan fingerprint density at radius 2 is 1.75 bits per heavy atom. The molecule has 0 unspecified atom stereocenters. The molecule has 1 aliphatic carbocycles. The van der Waals surface area contributed by atoms with Crippen LogP contribution in [0, 0.1) is 5.21 Å². The number of benzene rings is 1. The van der Waals surface area contributed by atoms with E-state index in [2.05, 4.69) is 5.32 Å². The van der Waals surface area contributed by atoms with E-state index in [0.29, 0.717) is 21.7 Å². The molecule has 1 fully saturated rings. The molecule has 1 spiro atoms. The molecule has 0 bridgehead atoms. The summed E-state index contributed by atoms with van der Waals surface area (Å²) in [5.74, 6) is 0.591. The molecular formula is C18H18N2O4. The van der Waals surface area contributed by atoms with Gasteiger partial charge in [0.05, 0.1) is 5.56 Å². The molecule has 1 saturated carbocycles. The number of ether oxygens (including phenoxy) is 2. The number of hydrogen-bond donors (Lipinski definition) is 1. The van der Waals surface area contributed by atoms with Gasteiger partial charge in [0.15, 0.2) is 23.9 Å². The van der Waals surface area contributed by atoms with Crippen molar-refractivity contribution in [2.45, 2.75) is 37.9 Å². The molecule has 2 heterocycles. The van der Waals surface area contributed by atoms with Crippen LogP contribution in [0.15, 0.2) is 42.7 Å². The summed E-state index contributed by atoms with van der Waals surface area (Å²) in [6.45, 7) is 0. The van der Waals surface area contributed by atoms with Crippen LogP contribution in [0.5, 0.6) is 11.5 Å². The number of carbonyl (C=O) groups is 1. The van der Waals surface area contributed by atoms with E-state index in [9.17, 15) is 10.0 Å². The van der Waals surface area contributed by atoms with Crippen molar-refractivity contribution in [2.24, 2.45) is 0 Å². The summed E-state index contributed by atoms with van der Waals surface area (Å²) in [6, 6.07) is 8.36. The van der Waals surface area contributed by atoms with Crippen molar-refractivity contribution in [1.82, 2.24) is 0 Å². The topological polar surface area (TPSA) is 74.5 Å². The molecule has 1 aliphatic heterocycles. The number of rotatable bonds is 2. The molecule has 0 radical (unpaired) electrons. The van der Waals surface area contributed by atoms with Gasteiger partial charge in [0.2, 0.25) is 0 Å². The summed E-state index contributed by atoms with van der Waals surface area (Å²) in [4.78, 5) is 12.2. The van der Waals surface area contributed by atoms with E-state index in [1.165, 1.54) is 30.9 Å². The number of nitrogens with one attached hydrogen (secondary N) is 1. The number of carbonyl (C=O) groups excluding carboxylic acids is 1. The Hall–Kier alpha value is -2.76.